The zero-order valence-corrected chi connectivity index (χ0v) is 11.3. The number of hydrogen-bond donors (Lipinski definition) is 1. The van der Waals surface area contributed by atoms with Crippen LogP contribution in [0.1, 0.15) is 12.0 Å². The predicted molar refractivity (Wildman–Crippen MR) is 72.4 cm³/mol. The lowest BCUT2D eigenvalue weighted by molar-refractivity contribution is -0.385. The van der Waals surface area contributed by atoms with Crippen molar-refractivity contribution in [3.63, 3.8) is 0 Å². The molecule has 0 saturated carbocycles. The van der Waals surface area contributed by atoms with Crippen molar-refractivity contribution in [2.75, 3.05) is 27.2 Å². The highest BCUT2D eigenvalue weighted by Gasteiger charge is 2.20. The van der Waals surface area contributed by atoms with Gasteiger partial charge in [0.1, 0.15) is 5.75 Å². The van der Waals surface area contributed by atoms with Crippen LogP contribution in [0.4, 0.5) is 5.69 Å². The third-order valence-electron chi connectivity index (χ3n) is 3.49. The molecule has 1 aromatic rings. The van der Waals surface area contributed by atoms with Gasteiger partial charge in [-0.1, -0.05) is 0 Å². The van der Waals surface area contributed by atoms with Gasteiger partial charge in [0.25, 0.3) is 5.69 Å². The number of nitrogens with one attached hydrogen (secondary N) is 1. The molecule has 1 heterocycles. The Morgan fingerprint density at radius 1 is 1.53 bits per heavy atom. The molecule has 104 valence electrons. The van der Waals surface area contributed by atoms with Gasteiger partial charge >= 0.3 is 0 Å². The van der Waals surface area contributed by atoms with Crippen LogP contribution in [0.5, 0.6) is 5.75 Å². The number of nitro groups is 1. The molecule has 0 spiro atoms. The molecular weight excluding hydrogens is 246 g/mol. The summed E-state index contributed by atoms with van der Waals surface area (Å²) in [7, 11) is 3.57. The average molecular weight is 265 g/mol. The molecular formula is C13H19N3O3. The Bertz CT molecular complexity index is 458. The van der Waals surface area contributed by atoms with Gasteiger partial charge in [0.2, 0.25) is 0 Å². The van der Waals surface area contributed by atoms with Gasteiger partial charge in [-0.25, -0.2) is 0 Å². The molecule has 1 fully saturated rings. The maximum atomic E-state index is 10.9. The Labute approximate surface area is 112 Å². The smallest absolute Gasteiger partial charge is 0.273 e. The van der Waals surface area contributed by atoms with Crippen molar-refractivity contribution in [1.29, 1.82) is 0 Å². The summed E-state index contributed by atoms with van der Waals surface area (Å²) in [6, 6.07) is 5.40. The fourth-order valence-electron chi connectivity index (χ4n) is 2.39. The number of non-ortho nitro benzene ring substituents is 1. The topological polar surface area (TPSA) is 67.6 Å². The van der Waals surface area contributed by atoms with Crippen molar-refractivity contribution in [1.82, 2.24) is 10.2 Å². The Hall–Kier alpha value is -1.66. The second kappa shape index (κ2) is 5.99. The van der Waals surface area contributed by atoms with E-state index < -0.39 is 0 Å². The highest BCUT2D eigenvalue weighted by atomic mass is 16.6. The number of nitrogens with zero attached hydrogens (tertiary/aromatic N) is 2. The van der Waals surface area contributed by atoms with Crippen LogP contribution >= 0.6 is 0 Å². The van der Waals surface area contributed by atoms with Crippen LogP contribution in [0.25, 0.3) is 0 Å². The summed E-state index contributed by atoms with van der Waals surface area (Å²) in [6.45, 7) is 2.69. The van der Waals surface area contributed by atoms with E-state index in [0.29, 0.717) is 18.3 Å². The number of ether oxygens (including phenoxy) is 1. The Morgan fingerprint density at radius 3 is 2.89 bits per heavy atom. The first kappa shape index (κ1) is 13.8. The van der Waals surface area contributed by atoms with E-state index in [2.05, 4.69) is 10.2 Å². The highest BCUT2D eigenvalue weighted by Crippen LogP contribution is 2.24. The van der Waals surface area contributed by atoms with Crippen LogP contribution in [0, 0.1) is 10.1 Å². The Balaban J connectivity index is 2.14. The minimum Gasteiger partial charge on any atom is -0.496 e. The standard InChI is InChI=1S/C13H19N3O3/c1-15(11-3-4-14-8-11)9-10-5-12(16(17)18)7-13(6-10)19-2/h5-7,11,14H,3-4,8-9H2,1-2H3. The number of likely N-dealkylation sites (N-methyl/N-ethyl adjacent to an activating group) is 1. The first-order valence-electron chi connectivity index (χ1n) is 6.33. The summed E-state index contributed by atoms with van der Waals surface area (Å²) in [6.07, 6.45) is 1.11. The second-order valence-electron chi connectivity index (χ2n) is 4.86. The van der Waals surface area contributed by atoms with E-state index in [1.165, 1.54) is 13.2 Å². The van der Waals surface area contributed by atoms with Crippen molar-refractivity contribution in [3.05, 3.63) is 33.9 Å². The van der Waals surface area contributed by atoms with Gasteiger partial charge in [0.05, 0.1) is 18.1 Å². The molecule has 1 N–H and O–H groups in total. The molecule has 0 amide bonds. The lowest BCUT2D eigenvalue weighted by Crippen LogP contribution is -2.32. The monoisotopic (exact) mass is 265 g/mol. The van der Waals surface area contributed by atoms with Crippen molar-refractivity contribution in [3.8, 4) is 5.75 Å². The molecule has 19 heavy (non-hydrogen) atoms. The molecule has 2 rings (SSSR count). The molecule has 6 nitrogen and oxygen atoms in total. The van der Waals surface area contributed by atoms with Crippen LogP contribution in [-0.4, -0.2) is 43.1 Å². The summed E-state index contributed by atoms with van der Waals surface area (Å²) in [5.74, 6) is 0.530. The normalized spacial score (nSPS) is 18.8. The summed E-state index contributed by atoms with van der Waals surface area (Å²) >= 11 is 0. The van der Waals surface area contributed by atoms with Gasteiger partial charge in [0, 0.05) is 25.2 Å². The number of benzene rings is 1. The number of methoxy groups -OCH3 is 1. The summed E-state index contributed by atoms with van der Waals surface area (Å²) in [4.78, 5) is 12.7. The fourth-order valence-corrected chi connectivity index (χ4v) is 2.39. The summed E-state index contributed by atoms with van der Waals surface area (Å²) in [5, 5.41) is 14.2. The van der Waals surface area contributed by atoms with E-state index in [0.717, 1.165) is 25.1 Å². The van der Waals surface area contributed by atoms with Crippen molar-refractivity contribution >= 4 is 5.69 Å². The minimum absolute atomic E-state index is 0.0762. The van der Waals surface area contributed by atoms with Gasteiger partial charge in [-0.05, 0) is 31.6 Å². The summed E-state index contributed by atoms with van der Waals surface area (Å²) in [5.41, 5.74) is 0.979. The lowest BCUT2D eigenvalue weighted by atomic mass is 10.1. The average Bonchev–Trinajstić information content (AvgIpc) is 2.92. The quantitative estimate of drug-likeness (QED) is 0.644. The number of hydrogen-bond acceptors (Lipinski definition) is 5. The largest absolute Gasteiger partial charge is 0.496 e. The van der Waals surface area contributed by atoms with Gasteiger partial charge < -0.3 is 10.1 Å². The molecule has 0 radical (unpaired) electrons. The van der Waals surface area contributed by atoms with E-state index in [-0.39, 0.29) is 10.6 Å². The van der Waals surface area contributed by atoms with Crippen LogP contribution in [0.3, 0.4) is 0 Å². The van der Waals surface area contributed by atoms with Gasteiger partial charge in [0.15, 0.2) is 0 Å². The maximum Gasteiger partial charge on any atom is 0.273 e. The lowest BCUT2D eigenvalue weighted by Gasteiger charge is -2.23. The second-order valence-corrected chi connectivity index (χ2v) is 4.86. The molecule has 0 bridgehead atoms. The maximum absolute atomic E-state index is 10.9. The number of nitro benzene ring substituents is 1. The molecule has 0 aliphatic carbocycles. The predicted octanol–water partition coefficient (Wildman–Crippen LogP) is 1.40. The van der Waals surface area contributed by atoms with Crippen LogP contribution in [-0.2, 0) is 6.54 Å². The molecule has 6 heteroatoms. The highest BCUT2D eigenvalue weighted by molar-refractivity contribution is 5.42. The molecule has 1 aliphatic rings. The van der Waals surface area contributed by atoms with E-state index >= 15 is 0 Å². The molecule has 1 unspecified atom stereocenters. The zero-order valence-electron chi connectivity index (χ0n) is 11.3. The third kappa shape index (κ3) is 3.42. The third-order valence-corrected chi connectivity index (χ3v) is 3.49. The first-order chi connectivity index (χ1) is 9.10. The van der Waals surface area contributed by atoms with Crippen LogP contribution in [0.15, 0.2) is 18.2 Å². The number of rotatable bonds is 5. The SMILES string of the molecule is COc1cc(CN(C)C2CCNC2)cc([N+](=O)[O-])c1. The van der Waals surface area contributed by atoms with E-state index in [1.54, 1.807) is 6.07 Å². The Kier molecular flexibility index (Phi) is 4.34. The Morgan fingerprint density at radius 2 is 2.32 bits per heavy atom. The molecule has 0 aromatic heterocycles. The van der Waals surface area contributed by atoms with E-state index in [4.69, 9.17) is 4.74 Å². The van der Waals surface area contributed by atoms with Crippen molar-refractivity contribution < 1.29 is 9.66 Å². The fraction of sp³-hybridized carbons (Fsp3) is 0.538. The van der Waals surface area contributed by atoms with E-state index in [9.17, 15) is 10.1 Å². The minimum atomic E-state index is -0.386. The zero-order chi connectivity index (χ0) is 13.8. The molecule has 1 atom stereocenters. The van der Waals surface area contributed by atoms with Crippen molar-refractivity contribution in [2.24, 2.45) is 0 Å². The molecule has 1 aliphatic heterocycles. The van der Waals surface area contributed by atoms with Gasteiger partial charge in [-0.2, -0.15) is 0 Å². The molecule has 1 aromatic carbocycles. The molecule has 1 saturated heterocycles. The van der Waals surface area contributed by atoms with Crippen molar-refractivity contribution in [2.45, 2.75) is 19.0 Å². The summed E-state index contributed by atoms with van der Waals surface area (Å²) < 4.78 is 5.12. The van der Waals surface area contributed by atoms with Gasteiger partial charge in [-0.15, -0.1) is 0 Å². The van der Waals surface area contributed by atoms with Crippen LogP contribution in [0.2, 0.25) is 0 Å². The van der Waals surface area contributed by atoms with E-state index in [1.807, 2.05) is 13.1 Å². The van der Waals surface area contributed by atoms with Gasteiger partial charge in [-0.3, -0.25) is 15.0 Å². The van der Waals surface area contributed by atoms with Crippen LogP contribution < -0.4 is 10.1 Å². The first-order valence-corrected chi connectivity index (χ1v) is 6.33.